The molecule has 6 nitrogen and oxygen atoms in total. The number of furan rings is 1. The summed E-state index contributed by atoms with van der Waals surface area (Å²) in [7, 11) is 0. The third kappa shape index (κ3) is 3.54. The quantitative estimate of drug-likeness (QED) is 0.764. The summed E-state index contributed by atoms with van der Waals surface area (Å²) in [6.07, 6.45) is -4.46. The lowest BCUT2D eigenvalue weighted by atomic mass is 10.1. The highest BCUT2D eigenvalue weighted by molar-refractivity contribution is 6.03. The number of hydrogen-bond donors (Lipinski definition) is 1. The second-order valence-corrected chi connectivity index (χ2v) is 5.27. The lowest BCUT2D eigenvalue weighted by molar-refractivity contribution is -0.137. The van der Waals surface area contributed by atoms with Crippen molar-refractivity contribution in [2.24, 2.45) is 0 Å². The first-order valence-electron chi connectivity index (χ1n) is 7.13. The number of halogens is 3. The maximum atomic E-state index is 12.5. The zero-order valence-corrected chi connectivity index (χ0v) is 13.1. The van der Waals surface area contributed by atoms with Gasteiger partial charge in [0.15, 0.2) is 0 Å². The van der Waals surface area contributed by atoms with Crippen molar-refractivity contribution in [1.82, 2.24) is 10.2 Å². The van der Waals surface area contributed by atoms with Crippen LogP contribution >= 0.6 is 0 Å². The molecule has 3 rings (SSSR count). The normalized spacial score (nSPS) is 11.6. The third-order valence-electron chi connectivity index (χ3n) is 3.39. The van der Waals surface area contributed by atoms with E-state index in [0.29, 0.717) is 17.1 Å². The van der Waals surface area contributed by atoms with Gasteiger partial charge in [-0.1, -0.05) is 5.10 Å². The zero-order valence-electron chi connectivity index (χ0n) is 13.1. The average molecular weight is 351 g/mol. The number of rotatable bonds is 3. The molecule has 0 unspecified atom stereocenters. The summed E-state index contributed by atoms with van der Waals surface area (Å²) in [6.45, 7) is 3.49. The van der Waals surface area contributed by atoms with Crippen LogP contribution in [0.25, 0.3) is 11.5 Å². The number of carbonyl (C=O) groups excluding carboxylic acids is 1. The number of anilines is 1. The first-order chi connectivity index (χ1) is 11.7. The summed E-state index contributed by atoms with van der Waals surface area (Å²) in [6, 6.07) is 5.33. The number of carbonyl (C=O) groups is 1. The first kappa shape index (κ1) is 16.7. The molecule has 2 aromatic heterocycles. The standard InChI is InChI=1S/C16H12F3N3O3/c1-8-7-12(9(2)24-8)14-21-22-15(25-14)20-13(23)10-3-5-11(6-4-10)16(17,18)19/h3-7H,1-2H3,(H,20,22,23). The lowest BCUT2D eigenvalue weighted by Crippen LogP contribution is -2.13. The van der Waals surface area contributed by atoms with Crippen molar-refractivity contribution in [2.75, 3.05) is 5.32 Å². The molecule has 25 heavy (non-hydrogen) atoms. The van der Waals surface area contributed by atoms with Crippen LogP contribution in [0.15, 0.2) is 39.2 Å². The van der Waals surface area contributed by atoms with Gasteiger partial charge in [-0.2, -0.15) is 13.2 Å². The molecule has 0 aliphatic rings. The summed E-state index contributed by atoms with van der Waals surface area (Å²) in [5.41, 5.74) is -0.210. The van der Waals surface area contributed by atoms with E-state index in [2.05, 4.69) is 15.5 Å². The molecule has 0 spiro atoms. The van der Waals surface area contributed by atoms with Crippen molar-refractivity contribution < 1.29 is 26.8 Å². The van der Waals surface area contributed by atoms with E-state index in [1.165, 1.54) is 0 Å². The second kappa shape index (κ2) is 6.08. The van der Waals surface area contributed by atoms with E-state index in [1.807, 2.05) is 0 Å². The monoisotopic (exact) mass is 351 g/mol. The molecule has 0 aliphatic heterocycles. The maximum absolute atomic E-state index is 12.5. The van der Waals surface area contributed by atoms with Crippen molar-refractivity contribution in [1.29, 1.82) is 0 Å². The van der Waals surface area contributed by atoms with Crippen molar-refractivity contribution >= 4 is 11.9 Å². The highest BCUT2D eigenvalue weighted by atomic mass is 19.4. The fraction of sp³-hybridized carbons (Fsp3) is 0.188. The van der Waals surface area contributed by atoms with Gasteiger partial charge in [0.05, 0.1) is 11.1 Å². The Morgan fingerprint density at radius 2 is 1.76 bits per heavy atom. The van der Waals surface area contributed by atoms with E-state index < -0.39 is 17.6 Å². The highest BCUT2D eigenvalue weighted by Gasteiger charge is 2.30. The fourth-order valence-electron chi connectivity index (χ4n) is 2.21. The highest BCUT2D eigenvalue weighted by Crippen LogP contribution is 2.29. The topological polar surface area (TPSA) is 81.2 Å². The van der Waals surface area contributed by atoms with Gasteiger partial charge in [-0.15, -0.1) is 5.10 Å². The van der Waals surface area contributed by atoms with Gasteiger partial charge in [0, 0.05) is 5.56 Å². The molecule has 0 aliphatic carbocycles. The van der Waals surface area contributed by atoms with E-state index in [1.54, 1.807) is 19.9 Å². The van der Waals surface area contributed by atoms with Crippen LogP contribution in [0.1, 0.15) is 27.4 Å². The average Bonchev–Trinajstić information content (AvgIpc) is 3.12. The minimum atomic E-state index is -4.46. The van der Waals surface area contributed by atoms with Gasteiger partial charge in [0.1, 0.15) is 11.5 Å². The first-order valence-corrected chi connectivity index (χ1v) is 7.13. The van der Waals surface area contributed by atoms with Crippen molar-refractivity contribution in [3.63, 3.8) is 0 Å². The van der Waals surface area contributed by atoms with Crippen LogP contribution in [0.2, 0.25) is 0 Å². The lowest BCUT2D eigenvalue weighted by Gasteiger charge is -2.07. The van der Waals surface area contributed by atoms with Crippen LogP contribution in [-0.2, 0) is 6.18 Å². The Hall–Kier alpha value is -3.10. The number of hydrogen-bond acceptors (Lipinski definition) is 5. The van der Waals surface area contributed by atoms with E-state index in [0.717, 1.165) is 24.3 Å². The molecule has 3 aromatic rings. The van der Waals surface area contributed by atoms with Crippen LogP contribution in [0.4, 0.5) is 19.2 Å². The molecule has 1 aromatic carbocycles. The molecule has 130 valence electrons. The van der Waals surface area contributed by atoms with Crippen molar-refractivity contribution in [3.05, 3.63) is 53.0 Å². The zero-order chi connectivity index (χ0) is 18.2. The van der Waals surface area contributed by atoms with Crippen molar-refractivity contribution in [3.8, 4) is 11.5 Å². The van der Waals surface area contributed by atoms with E-state index in [4.69, 9.17) is 8.83 Å². The van der Waals surface area contributed by atoms with E-state index in [9.17, 15) is 18.0 Å². The van der Waals surface area contributed by atoms with Gasteiger partial charge in [0.25, 0.3) is 11.8 Å². The molecule has 9 heteroatoms. The van der Waals surface area contributed by atoms with Crippen LogP contribution in [0.5, 0.6) is 0 Å². The van der Waals surface area contributed by atoms with E-state index >= 15 is 0 Å². The molecule has 1 amide bonds. The number of nitrogens with zero attached hydrogens (tertiary/aromatic N) is 2. The third-order valence-corrected chi connectivity index (χ3v) is 3.39. The van der Waals surface area contributed by atoms with Crippen LogP contribution in [0, 0.1) is 13.8 Å². The minimum absolute atomic E-state index is 0.0306. The van der Waals surface area contributed by atoms with Crippen LogP contribution in [-0.4, -0.2) is 16.1 Å². The van der Waals surface area contributed by atoms with Gasteiger partial charge in [-0.3, -0.25) is 10.1 Å². The summed E-state index contributed by atoms with van der Waals surface area (Å²) < 4.78 is 48.3. The predicted molar refractivity (Wildman–Crippen MR) is 80.9 cm³/mol. The molecule has 0 atom stereocenters. The molecule has 0 bridgehead atoms. The molecule has 1 N–H and O–H groups in total. The Kier molecular flexibility index (Phi) is 4.07. The van der Waals surface area contributed by atoms with Crippen molar-refractivity contribution in [2.45, 2.75) is 20.0 Å². The second-order valence-electron chi connectivity index (χ2n) is 5.27. The summed E-state index contributed by atoms with van der Waals surface area (Å²) in [5, 5.41) is 9.85. The molecular weight excluding hydrogens is 339 g/mol. The van der Waals surface area contributed by atoms with Gasteiger partial charge >= 0.3 is 12.2 Å². The maximum Gasteiger partial charge on any atom is 0.416 e. The van der Waals surface area contributed by atoms with Crippen LogP contribution in [0.3, 0.4) is 0 Å². The summed E-state index contributed by atoms with van der Waals surface area (Å²) in [5.74, 6) is 0.754. The minimum Gasteiger partial charge on any atom is -0.466 e. The number of alkyl halides is 3. The molecule has 0 saturated heterocycles. The smallest absolute Gasteiger partial charge is 0.416 e. The molecule has 0 radical (unpaired) electrons. The Balaban J connectivity index is 1.74. The summed E-state index contributed by atoms with van der Waals surface area (Å²) in [4.78, 5) is 12.1. The fourth-order valence-corrected chi connectivity index (χ4v) is 2.21. The van der Waals surface area contributed by atoms with Crippen LogP contribution < -0.4 is 5.32 Å². The molecule has 0 saturated carbocycles. The number of benzene rings is 1. The number of amides is 1. The molecule has 2 heterocycles. The summed E-state index contributed by atoms with van der Waals surface area (Å²) >= 11 is 0. The van der Waals surface area contributed by atoms with Gasteiger partial charge < -0.3 is 8.83 Å². The largest absolute Gasteiger partial charge is 0.466 e. The van der Waals surface area contributed by atoms with E-state index in [-0.39, 0.29) is 17.5 Å². The number of nitrogens with one attached hydrogen (secondary N) is 1. The Bertz CT molecular complexity index is 911. The molecular formula is C16H12F3N3O3. The SMILES string of the molecule is Cc1cc(-c2nnc(NC(=O)c3ccc(C(F)(F)F)cc3)o2)c(C)o1. The predicted octanol–water partition coefficient (Wildman–Crippen LogP) is 4.22. The van der Waals surface area contributed by atoms with Gasteiger partial charge in [-0.05, 0) is 44.2 Å². The Morgan fingerprint density at radius 1 is 1.08 bits per heavy atom. The number of aromatic nitrogens is 2. The Morgan fingerprint density at radius 3 is 2.32 bits per heavy atom. The Labute approximate surface area is 139 Å². The van der Waals surface area contributed by atoms with Gasteiger partial charge in [-0.25, -0.2) is 0 Å². The molecule has 0 fully saturated rings. The number of aryl methyl sites for hydroxylation is 2. The van der Waals surface area contributed by atoms with Gasteiger partial charge in [0.2, 0.25) is 0 Å².